The minimum Gasteiger partial charge on any atom is -0.349 e. The summed E-state index contributed by atoms with van der Waals surface area (Å²) in [5.41, 5.74) is 5.21. The van der Waals surface area contributed by atoms with Gasteiger partial charge in [-0.1, -0.05) is 30.3 Å². The van der Waals surface area contributed by atoms with Crippen LogP contribution in [0.1, 0.15) is 54.0 Å². The molecule has 1 aliphatic carbocycles. The van der Waals surface area contributed by atoms with E-state index >= 15 is 0 Å². The van der Waals surface area contributed by atoms with E-state index in [2.05, 4.69) is 17.4 Å². The highest BCUT2D eigenvalue weighted by Crippen LogP contribution is 2.29. The van der Waals surface area contributed by atoms with Crippen LogP contribution in [0.25, 0.3) is 0 Å². The Kier molecular flexibility index (Phi) is 6.63. The number of fused-ring (bicyclic) bond motifs is 1. The van der Waals surface area contributed by atoms with Crippen molar-refractivity contribution < 1.29 is 13.2 Å². The summed E-state index contributed by atoms with van der Waals surface area (Å²) in [5, 5.41) is 3.14. The van der Waals surface area contributed by atoms with Gasteiger partial charge in [-0.15, -0.1) is 0 Å². The van der Waals surface area contributed by atoms with Crippen molar-refractivity contribution >= 4 is 21.6 Å². The normalized spacial score (nSPS) is 16.2. The second-order valence-electron chi connectivity index (χ2n) is 8.00. The topological polar surface area (TPSA) is 66.5 Å². The van der Waals surface area contributed by atoms with Crippen LogP contribution in [-0.4, -0.2) is 27.1 Å². The van der Waals surface area contributed by atoms with Crippen molar-refractivity contribution in [2.24, 2.45) is 0 Å². The molecule has 2 aromatic carbocycles. The van der Waals surface area contributed by atoms with E-state index in [1.807, 2.05) is 44.2 Å². The molecule has 1 atom stereocenters. The van der Waals surface area contributed by atoms with Crippen LogP contribution in [-0.2, 0) is 21.2 Å². The fourth-order valence-corrected chi connectivity index (χ4v) is 5.08. The van der Waals surface area contributed by atoms with Gasteiger partial charge in [-0.25, -0.2) is 8.42 Å². The van der Waals surface area contributed by atoms with E-state index in [4.69, 9.17) is 0 Å². The predicted octanol–water partition coefficient (Wildman–Crippen LogP) is 4.04. The highest BCUT2D eigenvalue weighted by atomic mass is 32.2. The summed E-state index contributed by atoms with van der Waals surface area (Å²) in [7, 11) is -3.41. The Hall–Kier alpha value is -2.34. The number of hydrogen-bond acceptors (Lipinski definition) is 3. The Morgan fingerprint density at radius 2 is 1.83 bits per heavy atom. The van der Waals surface area contributed by atoms with Crippen LogP contribution >= 0.6 is 0 Å². The Morgan fingerprint density at radius 1 is 1.14 bits per heavy atom. The molecule has 0 aliphatic heterocycles. The number of sulfonamides is 1. The third-order valence-corrected chi connectivity index (χ3v) is 6.56. The smallest absolute Gasteiger partial charge is 0.232 e. The lowest BCUT2D eigenvalue weighted by molar-refractivity contribution is -0.122. The van der Waals surface area contributed by atoms with Gasteiger partial charge >= 0.3 is 0 Å². The number of carbonyl (C=O) groups is 1. The second kappa shape index (κ2) is 8.99. The first-order valence-electron chi connectivity index (χ1n) is 10.2. The van der Waals surface area contributed by atoms with Crippen molar-refractivity contribution in [2.45, 2.75) is 52.0 Å². The maximum atomic E-state index is 12.5. The number of hydrogen-bond donors (Lipinski definition) is 1. The molecule has 0 saturated heterocycles. The van der Waals surface area contributed by atoms with E-state index in [9.17, 15) is 13.2 Å². The van der Waals surface area contributed by atoms with Gasteiger partial charge in [-0.2, -0.15) is 0 Å². The molecule has 3 rings (SSSR count). The van der Waals surface area contributed by atoms with E-state index in [0.717, 1.165) is 30.4 Å². The summed E-state index contributed by atoms with van der Waals surface area (Å²) in [6.07, 6.45) is 5.05. The largest absolute Gasteiger partial charge is 0.349 e. The molecule has 1 N–H and O–H groups in total. The van der Waals surface area contributed by atoms with Gasteiger partial charge in [-0.05, 0) is 73.9 Å². The monoisotopic (exact) mass is 414 g/mol. The Bertz CT molecular complexity index is 965. The Labute approximate surface area is 174 Å². The summed E-state index contributed by atoms with van der Waals surface area (Å²) in [4.78, 5) is 12.5. The van der Waals surface area contributed by atoms with Gasteiger partial charge in [0.2, 0.25) is 15.9 Å². The second-order valence-corrected chi connectivity index (χ2v) is 9.90. The molecule has 6 heteroatoms. The first-order chi connectivity index (χ1) is 13.7. The third-order valence-electron chi connectivity index (χ3n) is 5.36. The van der Waals surface area contributed by atoms with E-state index in [0.29, 0.717) is 18.5 Å². The van der Waals surface area contributed by atoms with Crippen LogP contribution < -0.4 is 9.62 Å². The first-order valence-corrected chi connectivity index (χ1v) is 12.0. The number of carbonyl (C=O) groups excluding carboxylic acids is 1. The molecule has 0 saturated carbocycles. The molecule has 156 valence electrons. The molecule has 0 radical (unpaired) electrons. The van der Waals surface area contributed by atoms with Crippen molar-refractivity contribution in [1.29, 1.82) is 0 Å². The summed E-state index contributed by atoms with van der Waals surface area (Å²) in [6, 6.07) is 14.1. The van der Waals surface area contributed by atoms with Gasteiger partial charge in [0.25, 0.3) is 0 Å². The van der Waals surface area contributed by atoms with Crippen molar-refractivity contribution in [3.8, 4) is 0 Å². The molecular weight excluding hydrogens is 384 g/mol. The average Bonchev–Trinajstić information content (AvgIpc) is 2.63. The van der Waals surface area contributed by atoms with Gasteiger partial charge in [0, 0.05) is 13.0 Å². The van der Waals surface area contributed by atoms with Crippen LogP contribution in [0.15, 0.2) is 42.5 Å². The number of benzene rings is 2. The SMILES string of the molecule is Cc1cc(C)cc(N(CCCC(=O)NC2CCCc3ccccc32)S(C)(=O)=O)c1. The molecule has 29 heavy (non-hydrogen) atoms. The van der Waals surface area contributed by atoms with Crippen LogP contribution in [0.5, 0.6) is 0 Å². The van der Waals surface area contributed by atoms with Gasteiger partial charge in [0.15, 0.2) is 0 Å². The van der Waals surface area contributed by atoms with Gasteiger partial charge < -0.3 is 5.32 Å². The minimum atomic E-state index is -3.41. The summed E-state index contributed by atoms with van der Waals surface area (Å²) in [6.45, 7) is 4.19. The molecule has 0 bridgehead atoms. The van der Waals surface area contributed by atoms with E-state index in [1.165, 1.54) is 21.7 Å². The van der Waals surface area contributed by atoms with E-state index in [1.54, 1.807) is 0 Å². The van der Waals surface area contributed by atoms with Gasteiger partial charge in [0.1, 0.15) is 0 Å². The zero-order valence-electron chi connectivity index (χ0n) is 17.4. The van der Waals surface area contributed by atoms with Crippen LogP contribution in [0, 0.1) is 13.8 Å². The predicted molar refractivity (Wildman–Crippen MR) is 118 cm³/mol. The lowest BCUT2D eigenvalue weighted by atomic mass is 9.87. The maximum absolute atomic E-state index is 12.5. The number of anilines is 1. The maximum Gasteiger partial charge on any atom is 0.232 e. The molecule has 0 spiro atoms. The van der Waals surface area contributed by atoms with Crippen molar-refractivity contribution in [3.05, 3.63) is 64.7 Å². The Morgan fingerprint density at radius 3 is 2.52 bits per heavy atom. The number of amides is 1. The lowest BCUT2D eigenvalue weighted by Crippen LogP contribution is -2.33. The van der Waals surface area contributed by atoms with E-state index < -0.39 is 10.0 Å². The fourth-order valence-electron chi connectivity index (χ4n) is 4.13. The standard InChI is InChI=1S/C23H30N2O3S/c1-17-14-18(2)16-20(15-17)25(29(3,27)28)13-7-12-23(26)24-22-11-6-9-19-8-4-5-10-21(19)22/h4-5,8,10,14-16,22H,6-7,9,11-13H2,1-3H3,(H,24,26). The fraction of sp³-hybridized carbons (Fsp3) is 0.435. The number of nitrogens with zero attached hydrogens (tertiary/aromatic N) is 1. The molecule has 2 aromatic rings. The first kappa shape index (κ1) is 21.4. The molecular formula is C23H30N2O3S. The van der Waals surface area contributed by atoms with Gasteiger partial charge in [0.05, 0.1) is 18.0 Å². The zero-order chi connectivity index (χ0) is 21.0. The molecule has 0 heterocycles. The number of rotatable bonds is 7. The molecule has 1 aliphatic rings. The Balaban J connectivity index is 1.61. The molecule has 0 aromatic heterocycles. The molecule has 5 nitrogen and oxygen atoms in total. The van der Waals surface area contributed by atoms with E-state index in [-0.39, 0.29) is 18.5 Å². The van der Waals surface area contributed by atoms with Crippen LogP contribution in [0.4, 0.5) is 5.69 Å². The zero-order valence-corrected chi connectivity index (χ0v) is 18.3. The third kappa shape index (κ3) is 5.60. The summed E-state index contributed by atoms with van der Waals surface area (Å²) >= 11 is 0. The molecule has 1 amide bonds. The minimum absolute atomic E-state index is 0.0272. The van der Waals surface area contributed by atoms with Crippen molar-refractivity contribution in [2.75, 3.05) is 17.1 Å². The lowest BCUT2D eigenvalue weighted by Gasteiger charge is -2.27. The summed E-state index contributed by atoms with van der Waals surface area (Å²) < 4.78 is 26.0. The number of nitrogens with one attached hydrogen (secondary N) is 1. The summed E-state index contributed by atoms with van der Waals surface area (Å²) in [5.74, 6) is -0.0272. The van der Waals surface area contributed by atoms with Crippen LogP contribution in [0.3, 0.4) is 0 Å². The van der Waals surface area contributed by atoms with Crippen LogP contribution in [0.2, 0.25) is 0 Å². The highest BCUT2D eigenvalue weighted by molar-refractivity contribution is 7.92. The average molecular weight is 415 g/mol. The molecule has 1 unspecified atom stereocenters. The number of aryl methyl sites for hydroxylation is 3. The van der Waals surface area contributed by atoms with Crippen molar-refractivity contribution in [1.82, 2.24) is 5.32 Å². The quantitative estimate of drug-likeness (QED) is 0.743. The molecule has 0 fully saturated rings. The van der Waals surface area contributed by atoms with Crippen molar-refractivity contribution in [3.63, 3.8) is 0 Å². The van der Waals surface area contributed by atoms with Gasteiger partial charge in [-0.3, -0.25) is 9.10 Å². The highest BCUT2D eigenvalue weighted by Gasteiger charge is 2.22.